The summed E-state index contributed by atoms with van der Waals surface area (Å²) in [5.41, 5.74) is 2.89. The van der Waals surface area contributed by atoms with Crippen LogP contribution in [0.15, 0.2) is 47.4 Å². The van der Waals surface area contributed by atoms with E-state index < -0.39 is 10.0 Å². The van der Waals surface area contributed by atoms with Gasteiger partial charge in [0.2, 0.25) is 15.9 Å². The van der Waals surface area contributed by atoms with E-state index in [2.05, 4.69) is 5.32 Å². The molecular weight excluding hydrogens is 384 g/mol. The molecule has 0 aromatic heterocycles. The van der Waals surface area contributed by atoms with Gasteiger partial charge >= 0.3 is 0 Å². The summed E-state index contributed by atoms with van der Waals surface area (Å²) in [5.74, 6) is -0.514. The zero-order valence-electron chi connectivity index (χ0n) is 15.4. The molecular formula is C20H23ClN2O3S. The molecule has 0 bridgehead atoms. The van der Waals surface area contributed by atoms with E-state index in [0.717, 1.165) is 16.8 Å². The Hall–Kier alpha value is -1.89. The van der Waals surface area contributed by atoms with E-state index in [-0.39, 0.29) is 23.3 Å². The van der Waals surface area contributed by atoms with Crippen LogP contribution in [0.1, 0.15) is 24.0 Å². The average molecular weight is 407 g/mol. The first kappa shape index (κ1) is 19.9. The second-order valence-corrected chi connectivity index (χ2v) is 9.34. The fraction of sp³-hybridized carbons (Fsp3) is 0.350. The van der Waals surface area contributed by atoms with Gasteiger partial charge in [-0.3, -0.25) is 4.79 Å². The highest BCUT2D eigenvalue weighted by Gasteiger charge is 2.33. The Morgan fingerprint density at radius 3 is 2.52 bits per heavy atom. The van der Waals surface area contributed by atoms with Crippen LogP contribution in [-0.2, 0) is 14.8 Å². The SMILES string of the molecule is Cc1ccc(NC(=O)C2CCCN(S(=O)(=O)c3ccc(Cl)cc3)C2)c(C)c1. The molecule has 0 aliphatic carbocycles. The van der Waals surface area contributed by atoms with Gasteiger partial charge in [-0.15, -0.1) is 0 Å². The number of nitrogens with zero attached hydrogens (tertiary/aromatic N) is 1. The molecule has 1 fully saturated rings. The molecule has 2 aromatic carbocycles. The van der Waals surface area contributed by atoms with Crippen molar-refractivity contribution in [1.29, 1.82) is 0 Å². The Kier molecular flexibility index (Phi) is 5.89. The normalized spacial score (nSPS) is 18.3. The number of rotatable bonds is 4. The highest BCUT2D eigenvalue weighted by Crippen LogP contribution is 2.26. The van der Waals surface area contributed by atoms with Crippen LogP contribution in [0, 0.1) is 19.8 Å². The minimum atomic E-state index is -3.64. The molecule has 0 radical (unpaired) electrons. The third-order valence-electron chi connectivity index (χ3n) is 4.85. The van der Waals surface area contributed by atoms with Crippen LogP contribution in [-0.4, -0.2) is 31.7 Å². The van der Waals surface area contributed by atoms with Crippen molar-refractivity contribution in [3.05, 3.63) is 58.6 Å². The predicted molar refractivity (Wildman–Crippen MR) is 107 cm³/mol. The topological polar surface area (TPSA) is 66.5 Å². The highest BCUT2D eigenvalue weighted by atomic mass is 35.5. The fourth-order valence-electron chi connectivity index (χ4n) is 3.32. The van der Waals surface area contributed by atoms with Crippen molar-refractivity contribution in [1.82, 2.24) is 4.31 Å². The molecule has 144 valence electrons. The summed E-state index contributed by atoms with van der Waals surface area (Å²) in [5, 5.41) is 3.43. The van der Waals surface area contributed by atoms with Crippen LogP contribution >= 0.6 is 11.6 Å². The summed E-state index contributed by atoms with van der Waals surface area (Å²) in [6.45, 7) is 4.54. The van der Waals surface area contributed by atoms with Gasteiger partial charge in [-0.05, 0) is 62.6 Å². The van der Waals surface area contributed by atoms with Crippen molar-refractivity contribution in [3.8, 4) is 0 Å². The smallest absolute Gasteiger partial charge is 0.243 e. The molecule has 1 N–H and O–H groups in total. The van der Waals surface area contributed by atoms with Crippen molar-refractivity contribution >= 4 is 33.2 Å². The number of nitrogens with one attached hydrogen (secondary N) is 1. The van der Waals surface area contributed by atoms with Gasteiger partial charge in [-0.25, -0.2) is 8.42 Å². The Morgan fingerprint density at radius 1 is 1.15 bits per heavy atom. The van der Waals surface area contributed by atoms with Gasteiger partial charge in [0.05, 0.1) is 10.8 Å². The molecule has 1 amide bonds. The van der Waals surface area contributed by atoms with Gasteiger partial charge < -0.3 is 5.32 Å². The summed E-state index contributed by atoms with van der Waals surface area (Å²) in [6.07, 6.45) is 1.32. The third-order valence-corrected chi connectivity index (χ3v) is 6.98. The number of carbonyl (C=O) groups is 1. The van der Waals surface area contributed by atoms with Crippen molar-refractivity contribution < 1.29 is 13.2 Å². The number of piperidine rings is 1. The molecule has 0 spiro atoms. The average Bonchev–Trinajstić information content (AvgIpc) is 2.64. The first-order chi connectivity index (χ1) is 12.8. The maximum atomic E-state index is 12.9. The maximum absolute atomic E-state index is 12.9. The van der Waals surface area contributed by atoms with Gasteiger partial charge in [0, 0.05) is 23.8 Å². The summed E-state index contributed by atoms with van der Waals surface area (Å²) in [4.78, 5) is 12.9. The van der Waals surface area contributed by atoms with Crippen LogP contribution in [0.3, 0.4) is 0 Å². The Labute approximate surface area is 165 Å². The summed E-state index contributed by atoms with van der Waals surface area (Å²) in [6, 6.07) is 11.9. The van der Waals surface area contributed by atoms with Crippen LogP contribution in [0.25, 0.3) is 0 Å². The molecule has 0 saturated carbocycles. The van der Waals surface area contributed by atoms with Crippen molar-refractivity contribution in [3.63, 3.8) is 0 Å². The first-order valence-electron chi connectivity index (χ1n) is 8.91. The number of hydrogen-bond donors (Lipinski definition) is 1. The van der Waals surface area contributed by atoms with Gasteiger partial charge in [-0.1, -0.05) is 29.3 Å². The zero-order valence-corrected chi connectivity index (χ0v) is 17.0. The number of hydrogen-bond acceptors (Lipinski definition) is 3. The molecule has 1 aliphatic rings. The van der Waals surface area contributed by atoms with Crippen LogP contribution < -0.4 is 5.32 Å². The second kappa shape index (κ2) is 8.00. The number of halogens is 1. The third kappa shape index (κ3) is 4.51. The molecule has 1 heterocycles. The number of benzene rings is 2. The largest absolute Gasteiger partial charge is 0.326 e. The lowest BCUT2D eigenvalue weighted by Crippen LogP contribution is -2.43. The molecule has 5 nitrogen and oxygen atoms in total. The Morgan fingerprint density at radius 2 is 1.85 bits per heavy atom. The molecule has 3 rings (SSSR count). The number of carbonyl (C=O) groups excluding carboxylic acids is 1. The fourth-order valence-corrected chi connectivity index (χ4v) is 4.97. The summed E-state index contributed by atoms with van der Waals surface area (Å²) in [7, 11) is -3.64. The van der Waals surface area contributed by atoms with Crippen LogP contribution in [0.2, 0.25) is 5.02 Å². The van der Waals surface area contributed by atoms with Gasteiger partial charge in [0.15, 0.2) is 0 Å². The molecule has 7 heteroatoms. The molecule has 27 heavy (non-hydrogen) atoms. The lowest BCUT2D eigenvalue weighted by Gasteiger charge is -2.31. The monoisotopic (exact) mass is 406 g/mol. The van der Waals surface area contributed by atoms with Gasteiger partial charge in [-0.2, -0.15) is 4.31 Å². The minimum absolute atomic E-state index is 0.141. The molecule has 1 atom stereocenters. The van der Waals surface area contributed by atoms with E-state index in [1.165, 1.54) is 16.4 Å². The van der Waals surface area contributed by atoms with Crippen molar-refractivity contribution in [2.24, 2.45) is 5.92 Å². The lowest BCUT2D eigenvalue weighted by atomic mass is 9.98. The zero-order chi connectivity index (χ0) is 19.6. The van der Waals surface area contributed by atoms with E-state index in [9.17, 15) is 13.2 Å². The second-order valence-electron chi connectivity index (χ2n) is 6.96. The molecule has 2 aromatic rings. The van der Waals surface area contributed by atoms with E-state index >= 15 is 0 Å². The molecule has 1 saturated heterocycles. The van der Waals surface area contributed by atoms with E-state index in [0.29, 0.717) is 24.4 Å². The summed E-state index contributed by atoms with van der Waals surface area (Å²) < 4.78 is 27.1. The number of sulfonamides is 1. The standard InChI is InChI=1S/C20H23ClN2O3S/c1-14-5-10-19(15(2)12-14)22-20(24)16-4-3-11-23(13-16)27(25,26)18-8-6-17(21)7-9-18/h5-10,12,16H,3-4,11,13H2,1-2H3,(H,22,24). The number of anilines is 1. The summed E-state index contributed by atoms with van der Waals surface area (Å²) >= 11 is 5.85. The minimum Gasteiger partial charge on any atom is -0.326 e. The number of aryl methyl sites for hydroxylation is 2. The van der Waals surface area contributed by atoms with Crippen molar-refractivity contribution in [2.45, 2.75) is 31.6 Å². The molecule has 1 unspecified atom stereocenters. The Balaban J connectivity index is 1.73. The Bertz CT molecular complexity index is 942. The van der Waals surface area contributed by atoms with E-state index in [4.69, 9.17) is 11.6 Å². The maximum Gasteiger partial charge on any atom is 0.243 e. The van der Waals surface area contributed by atoms with Crippen LogP contribution in [0.4, 0.5) is 5.69 Å². The van der Waals surface area contributed by atoms with Crippen LogP contribution in [0.5, 0.6) is 0 Å². The number of amides is 1. The highest BCUT2D eigenvalue weighted by molar-refractivity contribution is 7.89. The van der Waals surface area contributed by atoms with Gasteiger partial charge in [0.1, 0.15) is 0 Å². The van der Waals surface area contributed by atoms with Crippen molar-refractivity contribution in [2.75, 3.05) is 18.4 Å². The first-order valence-corrected chi connectivity index (χ1v) is 10.7. The molecule has 1 aliphatic heterocycles. The van der Waals surface area contributed by atoms with E-state index in [1.807, 2.05) is 32.0 Å². The predicted octanol–water partition coefficient (Wildman–Crippen LogP) is 4.00. The quantitative estimate of drug-likeness (QED) is 0.834. The van der Waals surface area contributed by atoms with Gasteiger partial charge in [0.25, 0.3) is 0 Å². The lowest BCUT2D eigenvalue weighted by molar-refractivity contribution is -0.120. The van der Waals surface area contributed by atoms with E-state index in [1.54, 1.807) is 12.1 Å².